The van der Waals surface area contributed by atoms with E-state index in [-0.39, 0.29) is 31.0 Å². The largest absolute Gasteiger partial charge is 0.416 e. The van der Waals surface area contributed by atoms with E-state index in [1.807, 2.05) is 24.3 Å². The molecule has 0 saturated carbocycles. The Kier molecular flexibility index (Phi) is 6.23. The molecule has 2 aromatic carbocycles. The average Bonchev–Trinajstić information content (AvgIpc) is 3.31. The Labute approximate surface area is 205 Å². The monoisotopic (exact) mass is 504 g/mol. The number of benzene rings is 2. The summed E-state index contributed by atoms with van der Waals surface area (Å²) in [7, 11) is 0. The summed E-state index contributed by atoms with van der Waals surface area (Å²) in [5.41, 5.74) is 2.35. The third kappa shape index (κ3) is 4.88. The van der Waals surface area contributed by atoms with E-state index in [2.05, 4.69) is 10.2 Å². The minimum atomic E-state index is -4.40. The summed E-state index contributed by atoms with van der Waals surface area (Å²) in [5, 5.41) is 17.7. The number of hydrogen-bond donors (Lipinski definition) is 2. The Morgan fingerprint density at radius 1 is 1.00 bits per heavy atom. The van der Waals surface area contributed by atoms with Gasteiger partial charge in [-0.1, -0.05) is 41.9 Å². The number of β-amino-alcohol motifs (C(OH)–C–C–N with tert-alkyl or cyclic N) is 1. The van der Waals surface area contributed by atoms with Crippen molar-refractivity contribution in [1.82, 2.24) is 20.0 Å². The Morgan fingerprint density at radius 2 is 1.66 bits per heavy atom. The van der Waals surface area contributed by atoms with E-state index in [1.165, 1.54) is 12.1 Å². The average molecular weight is 505 g/mol. The SMILES string of the molecule is O=C(N1CC(O)C1)N1CC(c2ccc(C(F)(F)F)cc2)CC(c2cc(-c3ccccc3Cl)n[nH]2)C1. The van der Waals surface area contributed by atoms with E-state index in [1.54, 1.807) is 15.9 Å². The highest BCUT2D eigenvalue weighted by Crippen LogP contribution is 2.38. The fourth-order valence-corrected chi connectivity index (χ4v) is 5.06. The number of halogens is 4. The predicted octanol–water partition coefficient (Wildman–Crippen LogP) is 5.12. The van der Waals surface area contributed by atoms with Crippen molar-refractivity contribution in [2.45, 2.75) is 30.5 Å². The maximum atomic E-state index is 13.1. The number of carbonyl (C=O) groups excluding carboxylic acids is 1. The Bertz CT molecular complexity index is 1210. The molecule has 6 nitrogen and oxygen atoms in total. The summed E-state index contributed by atoms with van der Waals surface area (Å²) in [6.45, 7) is 1.39. The maximum Gasteiger partial charge on any atom is 0.416 e. The van der Waals surface area contributed by atoms with Gasteiger partial charge in [0.15, 0.2) is 0 Å². The fourth-order valence-electron chi connectivity index (χ4n) is 4.83. The number of nitrogens with zero attached hydrogens (tertiary/aromatic N) is 3. The van der Waals surface area contributed by atoms with Crippen molar-refractivity contribution >= 4 is 17.6 Å². The number of rotatable bonds is 3. The molecule has 2 N–H and O–H groups in total. The molecule has 35 heavy (non-hydrogen) atoms. The van der Waals surface area contributed by atoms with Gasteiger partial charge in [0, 0.05) is 36.2 Å². The van der Waals surface area contributed by atoms with Gasteiger partial charge in [-0.15, -0.1) is 0 Å². The minimum absolute atomic E-state index is 0.102. The highest BCUT2D eigenvalue weighted by Gasteiger charge is 2.38. The van der Waals surface area contributed by atoms with E-state index < -0.39 is 17.8 Å². The van der Waals surface area contributed by atoms with Gasteiger partial charge in [0.2, 0.25) is 0 Å². The first-order valence-corrected chi connectivity index (χ1v) is 11.8. The summed E-state index contributed by atoms with van der Waals surface area (Å²) < 4.78 is 39.2. The van der Waals surface area contributed by atoms with Crippen LogP contribution in [0.1, 0.15) is 35.1 Å². The molecule has 2 aliphatic rings. The number of nitrogens with one attached hydrogen (secondary N) is 1. The van der Waals surface area contributed by atoms with Crippen molar-refractivity contribution in [3.63, 3.8) is 0 Å². The Hall–Kier alpha value is -3.04. The molecular formula is C25H24ClF3N4O2. The summed E-state index contributed by atoms with van der Waals surface area (Å²) in [5.74, 6) is -0.256. The molecule has 5 rings (SSSR count). The lowest BCUT2D eigenvalue weighted by Gasteiger charge is -2.44. The molecule has 2 atom stereocenters. The van der Waals surface area contributed by atoms with E-state index >= 15 is 0 Å². The van der Waals surface area contributed by atoms with Gasteiger partial charge >= 0.3 is 12.2 Å². The number of aliphatic hydroxyl groups excluding tert-OH is 1. The zero-order valence-corrected chi connectivity index (χ0v) is 19.4. The summed E-state index contributed by atoms with van der Waals surface area (Å²) in [4.78, 5) is 16.4. The molecule has 0 aliphatic carbocycles. The second-order valence-corrected chi connectivity index (χ2v) is 9.59. The van der Waals surface area contributed by atoms with Gasteiger partial charge in [0.25, 0.3) is 0 Å². The molecule has 1 aromatic heterocycles. The molecule has 3 heterocycles. The third-order valence-corrected chi connectivity index (χ3v) is 7.08. The van der Waals surface area contributed by atoms with Crippen LogP contribution in [0.3, 0.4) is 0 Å². The standard InChI is InChI=1S/C25H24ClF3N4O2/c26-21-4-2-1-3-20(21)23-10-22(30-31-23)17-9-16(15-5-7-18(8-6-15)25(27,28)29)11-32(12-17)24(35)33-13-19(34)14-33/h1-8,10,16-17,19,34H,9,11-14H2,(H,30,31). The van der Waals surface area contributed by atoms with Crippen LogP contribution >= 0.6 is 11.6 Å². The molecule has 2 saturated heterocycles. The molecule has 184 valence electrons. The van der Waals surface area contributed by atoms with Crippen LogP contribution in [0, 0.1) is 0 Å². The molecule has 10 heteroatoms. The number of aromatic amines is 1. The van der Waals surface area contributed by atoms with E-state index in [0.717, 1.165) is 29.0 Å². The summed E-state index contributed by atoms with van der Waals surface area (Å²) >= 11 is 6.32. The number of urea groups is 1. The zero-order valence-electron chi connectivity index (χ0n) is 18.7. The number of carbonyl (C=O) groups is 1. The van der Waals surface area contributed by atoms with Crippen LogP contribution in [0.15, 0.2) is 54.6 Å². The van der Waals surface area contributed by atoms with Crippen LogP contribution in [-0.4, -0.2) is 63.4 Å². The third-order valence-electron chi connectivity index (χ3n) is 6.75. The smallest absolute Gasteiger partial charge is 0.389 e. The van der Waals surface area contributed by atoms with Crippen LogP contribution in [-0.2, 0) is 6.18 Å². The second kappa shape index (κ2) is 9.20. The highest BCUT2D eigenvalue weighted by atomic mass is 35.5. The molecule has 2 fully saturated rings. The van der Waals surface area contributed by atoms with Gasteiger partial charge in [-0.05, 0) is 36.2 Å². The lowest BCUT2D eigenvalue weighted by atomic mass is 9.82. The van der Waals surface area contributed by atoms with E-state index in [9.17, 15) is 23.1 Å². The molecule has 3 aromatic rings. The quantitative estimate of drug-likeness (QED) is 0.520. The molecule has 0 bridgehead atoms. The van der Waals surface area contributed by atoms with Gasteiger partial charge < -0.3 is 14.9 Å². The highest BCUT2D eigenvalue weighted by molar-refractivity contribution is 6.33. The number of amides is 2. The number of piperidine rings is 1. The molecule has 2 amide bonds. The summed E-state index contributed by atoms with van der Waals surface area (Å²) in [6, 6.07) is 14.3. The number of aliphatic hydroxyl groups is 1. The summed E-state index contributed by atoms with van der Waals surface area (Å²) in [6.07, 6.45) is -4.28. The first kappa shape index (κ1) is 23.7. The van der Waals surface area contributed by atoms with Gasteiger partial charge in [-0.25, -0.2) is 4.79 Å². The van der Waals surface area contributed by atoms with Crippen LogP contribution in [0.5, 0.6) is 0 Å². The minimum Gasteiger partial charge on any atom is -0.389 e. The van der Waals surface area contributed by atoms with Crippen molar-refractivity contribution in [3.05, 3.63) is 76.4 Å². The van der Waals surface area contributed by atoms with Crippen molar-refractivity contribution in [3.8, 4) is 11.3 Å². The predicted molar refractivity (Wildman–Crippen MR) is 125 cm³/mol. The first-order chi connectivity index (χ1) is 16.7. The molecule has 0 spiro atoms. The van der Waals surface area contributed by atoms with Crippen molar-refractivity contribution in [2.75, 3.05) is 26.2 Å². The number of hydrogen-bond acceptors (Lipinski definition) is 3. The first-order valence-electron chi connectivity index (χ1n) is 11.4. The van der Waals surface area contributed by atoms with Gasteiger partial charge in [0.05, 0.1) is 35.5 Å². The molecule has 0 radical (unpaired) electrons. The van der Waals surface area contributed by atoms with Crippen LogP contribution in [0.25, 0.3) is 11.3 Å². The Balaban J connectivity index is 1.42. The number of likely N-dealkylation sites (tertiary alicyclic amines) is 2. The normalized spacial score (nSPS) is 21.2. The topological polar surface area (TPSA) is 72.5 Å². The van der Waals surface area contributed by atoms with Crippen molar-refractivity contribution in [2.24, 2.45) is 0 Å². The number of aromatic nitrogens is 2. The van der Waals surface area contributed by atoms with Gasteiger partial charge in [-0.2, -0.15) is 18.3 Å². The number of alkyl halides is 3. The maximum absolute atomic E-state index is 13.1. The molecule has 2 unspecified atom stereocenters. The van der Waals surface area contributed by atoms with E-state index in [0.29, 0.717) is 30.2 Å². The molecule has 2 aliphatic heterocycles. The molecular weight excluding hydrogens is 481 g/mol. The van der Waals surface area contributed by atoms with Crippen LogP contribution in [0.4, 0.5) is 18.0 Å². The fraction of sp³-hybridized carbons (Fsp3) is 0.360. The second-order valence-electron chi connectivity index (χ2n) is 9.18. The lowest BCUT2D eigenvalue weighted by molar-refractivity contribution is -0.137. The lowest BCUT2D eigenvalue weighted by Crippen LogP contribution is -2.59. The van der Waals surface area contributed by atoms with Crippen molar-refractivity contribution in [1.29, 1.82) is 0 Å². The van der Waals surface area contributed by atoms with Crippen LogP contribution < -0.4 is 0 Å². The van der Waals surface area contributed by atoms with E-state index in [4.69, 9.17) is 11.6 Å². The van der Waals surface area contributed by atoms with Gasteiger partial charge in [-0.3, -0.25) is 5.10 Å². The van der Waals surface area contributed by atoms with Crippen molar-refractivity contribution < 1.29 is 23.1 Å². The number of H-pyrrole nitrogens is 1. The van der Waals surface area contributed by atoms with Crippen LogP contribution in [0.2, 0.25) is 5.02 Å². The zero-order chi connectivity index (χ0) is 24.7. The Morgan fingerprint density at radius 3 is 2.31 bits per heavy atom. The van der Waals surface area contributed by atoms with Gasteiger partial charge in [0.1, 0.15) is 0 Å².